The number of aromatic hydroxyl groups is 1. The molecule has 1 amide bonds. The molecular formula is C16H17F3N2O2S. The van der Waals surface area contributed by atoms with Crippen LogP contribution < -0.4 is 5.32 Å². The van der Waals surface area contributed by atoms with E-state index in [0.717, 1.165) is 17.0 Å². The molecule has 1 heterocycles. The summed E-state index contributed by atoms with van der Waals surface area (Å²) in [5, 5.41) is 12.7. The molecule has 0 atom stereocenters. The van der Waals surface area contributed by atoms with Gasteiger partial charge in [0, 0.05) is 17.4 Å². The average Bonchev–Trinajstić information content (AvgIpc) is 2.77. The van der Waals surface area contributed by atoms with E-state index in [4.69, 9.17) is 0 Å². The highest BCUT2D eigenvalue weighted by Crippen LogP contribution is 2.39. The van der Waals surface area contributed by atoms with Gasteiger partial charge in [-0.1, -0.05) is 19.9 Å². The molecule has 1 aromatic heterocycles. The second-order valence-corrected chi connectivity index (χ2v) is 6.88. The van der Waals surface area contributed by atoms with Crippen LogP contribution in [0.2, 0.25) is 0 Å². The molecule has 0 aliphatic rings. The number of benzene rings is 1. The number of anilines is 1. The van der Waals surface area contributed by atoms with Gasteiger partial charge in [-0.05, 0) is 24.5 Å². The van der Waals surface area contributed by atoms with Gasteiger partial charge in [-0.3, -0.25) is 4.79 Å². The van der Waals surface area contributed by atoms with Crippen molar-refractivity contribution in [3.8, 4) is 17.0 Å². The summed E-state index contributed by atoms with van der Waals surface area (Å²) in [4.78, 5) is 16.3. The standard InChI is InChI=1S/C16H17F3N2O2S/c1-8(2)6-13-14(21-15(24-13)20-9(3)22)10-4-5-11(12(23)7-10)16(17,18)19/h4-5,7-8,23H,6H2,1-3H3,(H,20,21,22). The molecule has 24 heavy (non-hydrogen) atoms. The number of aromatic nitrogens is 1. The minimum absolute atomic E-state index is 0.276. The molecule has 2 rings (SSSR count). The van der Waals surface area contributed by atoms with Crippen molar-refractivity contribution in [1.29, 1.82) is 0 Å². The predicted octanol–water partition coefficient (Wildman–Crippen LogP) is 4.69. The van der Waals surface area contributed by atoms with Crippen LogP contribution in [0.1, 0.15) is 31.2 Å². The first-order valence-corrected chi connectivity index (χ1v) is 8.07. The molecule has 0 bridgehead atoms. The summed E-state index contributed by atoms with van der Waals surface area (Å²) >= 11 is 1.28. The highest BCUT2D eigenvalue weighted by Gasteiger charge is 2.34. The van der Waals surface area contributed by atoms with Crippen LogP contribution in [0.3, 0.4) is 0 Å². The lowest BCUT2D eigenvalue weighted by molar-refractivity contribution is -0.138. The number of halogens is 3. The Morgan fingerprint density at radius 3 is 2.54 bits per heavy atom. The zero-order valence-corrected chi connectivity index (χ0v) is 14.2. The number of phenols is 1. The van der Waals surface area contributed by atoms with E-state index in [1.807, 2.05) is 13.8 Å². The molecule has 2 N–H and O–H groups in total. The number of rotatable bonds is 4. The Morgan fingerprint density at radius 1 is 1.38 bits per heavy atom. The van der Waals surface area contributed by atoms with Gasteiger partial charge in [0.2, 0.25) is 5.91 Å². The number of carbonyl (C=O) groups is 1. The van der Waals surface area contributed by atoms with Crippen LogP contribution in [-0.2, 0) is 17.4 Å². The van der Waals surface area contributed by atoms with Crippen LogP contribution in [0, 0.1) is 5.92 Å². The van der Waals surface area contributed by atoms with Gasteiger partial charge in [0.25, 0.3) is 0 Å². The average molecular weight is 358 g/mol. The number of alkyl halides is 3. The third-order valence-electron chi connectivity index (χ3n) is 3.15. The smallest absolute Gasteiger partial charge is 0.419 e. The zero-order valence-electron chi connectivity index (χ0n) is 13.4. The van der Waals surface area contributed by atoms with Crippen LogP contribution in [0.5, 0.6) is 5.75 Å². The Hall–Kier alpha value is -2.09. The number of carbonyl (C=O) groups excluding carboxylic acids is 1. The van der Waals surface area contributed by atoms with E-state index in [2.05, 4.69) is 10.3 Å². The van der Waals surface area contributed by atoms with Crippen molar-refractivity contribution in [1.82, 2.24) is 4.98 Å². The van der Waals surface area contributed by atoms with Crippen molar-refractivity contribution >= 4 is 22.4 Å². The minimum atomic E-state index is -4.62. The van der Waals surface area contributed by atoms with E-state index in [1.54, 1.807) is 0 Å². The molecule has 130 valence electrons. The lowest BCUT2D eigenvalue weighted by Crippen LogP contribution is -2.05. The summed E-state index contributed by atoms with van der Waals surface area (Å²) in [6.45, 7) is 5.37. The Bertz CT molecular complexity index is 754. The van der Waals surface area contributed by atoms with Crippen molar-refractivity contribution in [2.75, 3.05) is 5.32 Å². The van der Waals surface area contributed by atoms with E-state index in [9.17, 15) is 23.1 Å². The highest BCUT2D eigenvalue weighted by molar-refractivity contribution is 7.16. The summed E-state index contributed by atoms with van der Waals surface area (Å²) < 4.78 is 38.3. The maximum absolute atomic E-state index is 12.8. The van der Waals surface area contributed by atoms with E-state index >= 15 is 0 Å². The van der Waals surface area contributed by atoms with Crippen molar-refractivity contribution in [3.05, 3.63) is 28.6 Å². The van der Waals surface area contributed by atoms with Gasteiger partial charge in [-0.25, -0.2) is 4.98 Å². The van der Waals surface area contributed by atoms with Crippen LogP contribution in [0.15, 0.2) is 18.2 Å². The fourth-order valence-electron chi connectivity index (χ4n) is 2.21. The third-order valence-corrected chi connectivity index (χ3v) is 4.14. The Kier molecular flexibility index (Phi) is 5.17. The molecule has 0 spiro atoms. The predicted molar refractivity (Wildman–Crippen MR) is 87.1 cm³/mol. The number of phenolic OH excluding ortho intramolecular Hbond substituents is 1. The monoisotopic (exact) mass is 358 g/mol. The van der Waals surface area contributed by atoms with Crippen LogP contribution >= 0.6 is 11.3 Å². The highest BCUT2D eigenvalue weighted by atomic mass is 32.1. The Morgan fingerprint density at radius 2 is 2.04 bits per heavy atom. The van der Waals surface area contributed by atoms with E-state index < -0.39 is 17.5 Å². The quantitative estimate of drug-likeness (QED) is 0.833. The van der Waals surface area contributed by atoms with Gasteiger partial charge < -0.3 is 10.4 Å². The fraction of sp³-hybridized carbons (Fsp3) is 0.375. The first kappa shape index (κ1) is 18.3. The minimum Gasteiger partial charge on any atom is -0.507 e. The fourth-order valence-corrected chi connectivity index (χ4v) is 3.45. The third kappa shape index (κ3) is 4.25. The first-order chi connectivity index (χ1) is 11.1. The van der Waals surface area contributed by atoms with E-state index in [-0.39, 0.29) is 5.91 Å². The van der Waals surface area contributed by atoms with Gasteiger partial charge in [0.1, 0.15) is 5.75 Å². The van der Waals surface area contributed by atoms with E-state index in [1.165, 1.54) is 24.3 Å². The number of thiazole rings is 1. The molecule has 0 aliphatic carbocycles. The first-order valence-electron chi connectivity index (χ1n) is 7.25. The van der Waals surface area contributed by atoms with Gasteiger partial charge in [-0.2, -0.15) is 13.2 Å². The number of hydrogen-bond donors (Lipinski definition) is 2. The number of amides is 1. The van der Waals surface area contributed by atoms with Crippen LogP contribution in [-0.4, -0.2) is 16.0 Å². The number of hydrogen-bond acceptors (Lipinski definition) is 4. The molecule has 2 aromatic rings. The molecule has 8 heteroatoms. The topological polar surface area (TPSA) is 62.2 Å². The van der Waals surface area contributed by atoms with Gasteiger partial charge >= 0.3 is 6.18 Å². The summed E-state index contributed by atoms with van der Waals surface area (Å²) in [6, 6.07) is 3.17. The van der Waals surface area contributed by atoms with Gasteiger partial charge in [-0.15, -0.1) is 11.3 Å². The van der Waals surface area contributed by atoms with Crippen molar-refractivity contribution in [2.45, 2.75) is 33.4 Å². The molecular weight excluding hydrogens is 341 g/mol. The number of nitrogens with zero attached hydrogens (tertiary/aromatic N) is 1. The largest absolute Gasteiger partial charge is 0.507 e. The molecule has 0 saturated heterocycles. The van der Waals surface area contributed by atoms with Crippen LogP contribution in [0.25, 0.3) is 11.3 Å². The second kappa shape index (κ2) is 6.80. The van der Waals surface area contributed by atoms with Crippen molar-refractivity contribution < 1.29 is 23.1 Å². The van der Waals surface area contributed by atoms with E-state index in [0.29, 0.717) is 28.7 Å². The Labute approximate surface area is 141 Å². The number of nitrogens with one attached hydrogen (secondary N) is 1. The lowest BCUT2D eigenvalue weighted by atomic mass is 10.0. The SMILES string of the molecule is CC(=O)Nc1nc(-c2ccc(C(F)(F)F)c(O)c2)c(CC(C)C)s1. The molecule has 0 aliphatic heterocycles. The molecule has 0 unspecified atom stereocenters. The maximum atomic E-state index is 12.8. The van der Waals surface area contributed by atoms with Crippen LogP contribution in [0.4, 0.5) is 18.3 Å². The molecule has 0 radical (unpaired) electrons. The van der Waals surface area contributed by atoms with Gasteiger partial charge in [0.15, 0.2) is 5.13 Å². The summed E-state index contributed by atoms with van der Waals surface area (Å²) in [5.41, 5.74) is -0.237. The molecule has 0 saturated carbocycles. The summed E-state index contributed by atoms with van der Waals surface area (Å²) in [5.74, 6) is -0.816. The summed E-state index contributed by atoms with van der Waals surface area (Å²) in [6.07, 6.45) is -3.96. The van der Waals surface area contributed by atoms with Crippen molar-refractivity contribution in [3.63, 3.8) is 0 Å². The normalized spacial score (nSPS) is 11.8. The van der Waals surface area contributed by atoms with Gasteiger partial charge in [0.05, 0.1) is 11.3 Å². The maximum Gasteiger partial charge on any atom is 0.419 e. The molecule has 4 nitrogen and oxygen atoms in total. The zero-order chi connectivity index (χ0) is 18.1. The molecule has 1 aromatic carbocycles. The second-order valence-electron chi connectivity index (χ2n) is 5.80. The van der Waals surface area contributed by atoms with Crippen molar-refractivity contribution in [2.24, 2.45) is 5.92 Å². The summed E-state index contributed by atoms with van der Waals surface area (Å²) in [7, 11) is 0. The Balaban J connectivity index is 2.48. The molecule has 0 fully saturated rings. The lowest BCUT2D eigenvalue weighted by Gasteiger charge is -2.10.